The lowest BCUT2D eigenvalue weighted by atomic mass is 10.2. The van der Waals surface area contributed by atoms with Gasteiger partial charge in [-0.3, -0.25) is 9.52 Å². The van der Waals surface area contributed by atoms with Gasteiger partial charge in [-0.05, 0) is 37.1 Å². The van der Waals surface area contributed by atoms with E-state index in [2.05, 4.69) is 15.0 Å². The molecule has 0 unspecified atom stereocenters. The number of rotatable bonds is 6. The van der Waals surface area contributed by atoms with E-state index in [1.807, 2.05) is 0 Å². The number of carbonyl (C=O) groups excluding carboxylic acids is 1. The number of pyridine rings is 1. The van der Waals surface area contributed by atoms with Gasteiger partial charge in [0.15, 0.2) is 0 Å². The molecule has 1 amide bonds. The topological polar surface area (TPSA) is 97.4 Å². The van der Waals surface area contributed by atoms with E-state index in [-0.39, 0.29) is 17.8 Å². The Labute approximate surface area is 152 Å². The fourth-order valence-corrected chi connectivity index (χ4v) is 3.48. The molecule has 0 atom stereocenters. The Morgan fingerprint density at radius 2 is 1.96 bits per heavy atom. The van der Waals surface area contributed by atoms with Crippen LogP contribution in [0.2, 0.25) is 0 Å². The first-order valence-electron chi connectivity index (χ1n) is 8.42. The maximum absolute atomic E-state index is 12.5. The molecule has 26 heavy (non-hydrogen) atoms. The SMILES string of the molecule is CS(=O)(=O)Nc1cccc(Oc2ncccc2C(=O)NC2CCCC2)c1. The molecule has 1 aromatic heterocycles. The molecule has 7 nitrogen and oxygen atoms in total. The van der Waals surface area contributed by atoms with Crippen molar-refractivity contribution in [1.29, 1.82) is 0 Å². The van der Waals surface area contributed by atoms with Gasteiger partial charge in [-0.25, -0.2) is 13.4 Å². The maximum atomic E-state index is 12.5. The summed E-state index contributed by atoms with van der Waals surface area (Å²) in [7, 11) is -3.39. The number of hydrogen-bond donors (Lipinski definition) is 2. The third-order valence-corrected chi connectivity index (χ3v) is 4.66. The smallest absolute Gasteiger partial charge is 0.257 e. The molecular weight excluding hydrogens is 354 g/mol. The van der Waals surface area contributed by atoms with Gasteiger partial charge in [0.2, 0.25) is 15.9 Å². The van der Waals surface area contributed by atoms with Crippen LogP contribution in [0.5, 0.6) is 11.6 Å². The number of nitrogens with zero attached hydrogens (tertiary/aromatic N) is 1. The van der Waals surface area contributed by atoms with Crippen molar-refractivity contribution >= 4 is 21.6 Å². The maximum Gasteiger partial charge on any atom is 0.257 e. The second-order valence-corrected chi connectivity index (χ2v) is 8.06. The Kier molecular flexibility index (Phi) is 5.41. The Balaban J connectivity index is 1.78. The van der Waals surface area contributed by atoms with Crippen molar-refractivity contribution in [2.45, 2.75) is 31.7 Å². The highest BCUT2D eigenvalue weighted by Crippen LogP contribution is 2.26. The van der Waals surface area contributed by atoms with E-state index in [0.717, 1.165) is 31.9 Å². The van der Waals surface area contributed by atoms with Gasteiger partial charge in [-0.1, -0.05) is 18.9 Å². The molecule has 0 saturated heterocycles. The molecular formula is C18H21N3O4S. The second-order valence-electron chi connectivity index (χ2n) is 6.32. The molecule has 2 aromatic rings. The van der Waals surface area contributed by atoms with Crippen molar-refractivity contribution in [1.82, 2.24) is 10.3 Å². The van der Waals surface area contributed by atoms with Gasteiger partial charge < -0.3 is 10.1 Å². The lowest BCUT2D eigenvalue weighted by Crippen LogP contribution is -2.32. The van der Waals surface area contributed by atoms with Crippen LogP contribution in [-0.2, 0) is 10.0 Å². The highest BCUT2D eigenvalue weighted by molar-refractivity contribution is 7.92. The Morgan fingerprint density at radius 3 is 2.69 bits per heavy atom. The van der Waals surface area contributed by atoms with E-state index >= 15 is 0 Å². The minimum absolute atomic E-state index is 0.180. The summed E-state index contributed by atoms with van der Waals surface area (Å²) in [5, 5.41) is 3.01. The van der Waals surface area contributed by atoms with Crippen molar-refractivity contribution in [2.75, 3.05) is 11.0 Å². The summed E-state index contributed by atoms with van der Waals surface area (Å²) in [6.07, 6.45) is 6.84. The van der Waals surface area contributed by atoms with Gasteiger partial charge in [0.1, 0.15) is 11.3 Å². The summed E-state index contributed by atoms with van der Waals surface area (Å²) in [6, 6.07) is 10.0. The number of hydrogen-bond acceptors (Lipinski definition) is 5. The third kappa shape index (κ3) is 4.95. The molecule has 8 heteroatoms. The molecule has 1 aliphatic carbocycles. The first kappa shape index (κ1) is 18.2. The molecule has 1 aromatic carbocycles. The number of anilines is 1. The molecule has 1 fully saturated rings. The van der Waals surface area contributed by atoms with Crippen LogP contribution in [0.25, 0.3) is 0 Å². The van der Waals surface area contributed by atoms with Gasteiger partial charge in [-0.15, -0.1) is 0 Å². The number of benzene rings is 1. The average molecular weight is 375 g/mol. The fourth-order valence-electron chi connectivity index (χ4n) is 2.93. The number of nitrogens with one attached hydrogen (secondary N) is 2. The van der Waals surface area contributed by atoms with E-state index in [0.29, 0.717) is 17.0 Å². The summed E-state index contributed by atoms with van der Waals surface area (Å²) in [5.41, 5.74) is 0.721. The van der Waals surface area contributed by atoms with Crippen molar-refractivity contribution in [3.63, 3.8) is 0 Å². The average Bonchev–Trinajstić information content (AvgIpc) is 3.07. The lowest BCUT2D eigenvalue weighted by molar-refractivity contribution is 0.0935. The Bertz CT molecular complexity index is 893. The molecule has 1 saturated carbocycles. The van der Waals surface area contributed by atoms with Gasteiger partial charge in [0, 0.05) is 18.3 Å². The predicted octanol–water partition coefficient (Wildman–Crippen LogP) is 2.92. The van der Waals surface area contributed by atoms with Crippen LogP contribution in [0.3, 0.4) is 0 Å². The minimum Gasteiger partial charge on any atom is -0.438 e. The van der Waals surface area contributed by atoms with Gasteiger partial charge in [0.25, 0.3) is 5.91 Å². The van der Waals surface area contributed by atoms with Crippen molar-refractivity contribution in [3.05, 3.63) is 48.2 Å². The van der Waals surface area contributed by atoms with E-state index in [9.17, 15) is 13.2 Å². The predicted molar refractivity (Wildman–Crippen MR) is 98.9 cm³/mol. The van der Waals surface area contributed by atoms with Crippen LogP contribution in [-0.4, -0.2) is 31.6 Å². The van der Waals surface area contributed by atoms with E-state index in [1.54, 1.807) is 36.5 Å². The molecule has 1 heterocycles. The van der Waals surface area contributed by atoms with Crippen LogP contribution >= 0.6 is 0 Å². The highest BCUT2D eigenvalue weighted by Gasteiger charge is 2.21. The number of sulfonamides is 1. The largest absolute Gasteiger partial charge is 0.438 e. The zero-order chi connectivity index (χ0) is 18.6. The molecule has 2 N–H and O–H groups in total. The fraction of sp³-hybridized carbons (Fsp3) is 0.333. The molecule has 1 aliphatic rings. The van der Waals surface area contributed by atoms with Gasteiger partial charge in [-0.2, -0.15) is 0 Å². The second kappa shape index (κ2) is 7.74. The van der Waals surface area contributed by atoms with Crippen LogP contribution < -0.4 is 14.8 Å². The molecule has 0 bridgehead atoms. The van der Waals surface area contributed by atoms with Crippen molar-refractivity contribution in [2.24, 2.45) is 0 Å². The molecule has 138 valence electrons. The summed E-state index contributed by atoms with van der Waals surface area (Å²) in [5.74, 6) is 0.345. The third-order valence-electron chi connectivity index (χ3n) is 4.06. The summed E-state index contributed by atoms with van der Waals surface area (Å²) in [6.45, 7) is 0. The van der Waals surface area contributed by atoms with E-state index in [4.69, 9.17) is 4.74 Å². The molecule has 0 aliphatic heterocycles. The van der Waals surface area contributed by atoms with Crippen LogP contribution in [0, 0.1) is 0 Å². The Hall–Kier alpha value is -2.61. The van der Waals surface area contributed by atoms with E-state index in [1.165, 1.54) is 6.07 Å². The van der Waals surface area contributed by atoms with E-state index < -0.39 is 10.0 Å². The summed E-state index contributed by atoms with van der Waals surface area (Å²) < 4.78 is 30.9. The van der Waals surface area contributed by atoms with Gasteiger partial charge in [0.05, 0.1) is 11.9 Å². The lowest BCUT2D eigenvalue weighted by Gasteiger charge is -2.14. The number of aromatic nitrogens is 1. The van der Waals surface area contributed by atoms with Crippen LogP contribution in [0.15, 0.2) is 42.6 Å². The zero-order valence-electron chi connectivity index (χ0n) is 14.4. The Morgan fingerprint density at radius 1 is 1.19 bits per heavy atom. The monoisotopic (exact) mass is 375 g/mol. The highest BCUT2D eigenvalue weighted by atomic mass is 32.2. The number of amides is 1. The zero-order valence-corrected chi connectivity index (χ0v) is 15.3. The van der Waals surface area contributed by atoms with Gasteiger partial charge >= 0.3 is 0 Å². The molecule has 0 radical (unpaired) electrons. The normalized spacial score (nSPS) is 14.8. The number of carbonyl (C=O) groups is 1. The van der Waals surface area contributed by atoms with Crippen LogP contribution in [0.4, 0.5) is 5.69 Å². The first-order chi connectivity index (χ1) is 12.4. The van der Waals surface area contributed by atoms with Crippen molar-refractivity contribution in [3.8, 4) is 11.6 Å². The van der Waals surface area contributed by atoms with Crippen molar-refractivity contribution < 1.29 is 17.9 Å². The molecule has 0 spiro atoms. The summed E-state index contributed by atoms with van der Waals surface area (Å²) >= 11 is 0. The number of ether oxygens (including phenoxy) is 1. The quantitative estimate of drug-likeness (QED) is 0.809. The molecule has 3 rings (SSSR count). The summed E-state index contributed by atoms with van der Waals surface area (Å²) in [4.78, 5) is 16.7. The first-order valence-corrected chi connectivity index (χ1v) is 10.3. The minimum atomic E-state index is -3.39. The standard InChI is InChI=1S/C18H21N3O4S/c1-26(23,24)21-14-8-4-9-15(12-14)25-18-16(10-5-11-19-18)17(22)20-13-6-2-3-7-13/h4-5,8-13,21H,2-3,6-7H2,1H3,(H,20,22). The van der Waals surface area contributed by atoms with Crippen LogP contribution in [0.1, 0.15) is 36.0 Å².